The number of hydrogen-bond acceptors (Lipinski definition) is 5. The highest BCUT2D eigenvalue weighted by Gasteiger charge is 2.17. The maximum atomic E-state index is 5.09. The normalized spacial score (nSPS) is 10.8. The summed E-state index contributed by atoms with van der Waals surface area (Å²) >= 11 is 4.73. The molecule has 38 heavy (non-hydrogen) atoms. The fourth-order valence-corrected chi connectivity index (χ4v) is 4.72. The van der Waals surface area contributed by atoms with Crippen LogP contribution in [0.4, 0.5) is 17.3 Å². The molecule has 0 amide bonds. The van der Waals surface area contributed by atoms with E-state index in [2.05, 4.69) is 52.3 Å². The lowest BCUT2D eigenvalue weighted by atomic mass is 10.0. The highest BCUT2D eigenvalue weighted by Crippen LogP contribution is 2.35. The Balaban J connectivity index is 1.51. The molecule has 0 aliphatic carbocycles. The van der Waals surface area contributed by atoms with Gasteiger partial charge in [0, 0.05) is 22.3 Å². The van der Waals surface area contributed by atoms with Crippen LogP contribution in [0.2, 0.25) is 0 Å². The van der Waals surface area contributed by atoms with Crippen molar-refractivity contribution in [3.63, 3.8) is 0 Å². The fraction of sp³-hybridized carbons (Fsp3) is 0. The highest BCUT2D eigenvalue weighted by molar-refractivity contribution is 7.80. The molecule has 0 saturated heterocycles. The van der Waals surface area contributed by atoms with Crippen molar-refractivity contribution < 1.29 is 0 Å². The Morgan fingerprint density at radius 2 is 1.18 bits per heavy atom. The predicted octanol–water partition coefficient (Wildman–Crippen LogP) is 8.63. The Morgan fingerprint density at radius 1 is 0.500 bits per heavy atom. The number of rotatable bonds is 6. The van der Waals surface area contributed by atoms with Gasteiger partial charge in [0.15, 0.2) is 0 Å². The summed E-state index contributed by atoms with van der Waals surface area (Å²) in [5, 5.41) is 0. The molecular formula is C33H24N4S. The van der Waals surface area contributed by atoms with Crippen LogP contribution in [0.1, 0.15) is 0 Å². The van der Waals surface area contributed by atoms with E-state index in [1.165, 1.54) is 0 Å². The Morgan fingerprint density at radius 3 is 1.95 bits per heavy atom. The van der Waals surface area contributed by atoms with Gasteiger partial charge in [-0.1, -0.05) is 78.9 Å². The molecule has 6 aromatic rings. The zero-order valence-electron chi connectivity index (χ0n) is 20.5. The molecule has 6 rings (SSSR count). The Hall–Kier alpha value is -4.74. The lowest BCUT2D eigenvalue weighted by Gasteiger charge is -2.23. The van der Waals surface area contributed by atoms with E-state index in [9.17, 15) is 0 Å². The van der Waals surface area contributed by atoms with Gasteiger partial charge in [0.1, 0.15) is 11.6 Å². The number of hydrogen-bond donors (Lipinski definition) is 1. The van der Waals surface area contributed by atoms with Gasteiger partial charge < -0.3 is 0 Å². The number of para-hydroxylation sites is 1. The number of benzene rings is 3. The topological polar surface area (TPSA) is 41.9 Å². The van der Waals surface area contributed by atoms with Gasteiger partial charge in [-0.15, -0.1) is 12.6 Å². The van der Waals surface area contributed by atoms with Gasteiger partial charge in [-0.25, -0.2) is 15.0 Å². The first-order chi connectivity index (χ1) is 18.8. The molecule has 0 unspecified atom stereocenters. The third kappa shape index (κ3) is 4.92. The summed E-state index contributed by atoms with van der Waals surface area (Å²) in [6.45, 7) is 0. The molecule has 4 nitrogen and oxygen atoms in total. The molecule has 0 radical (unpaired) electrons. The van der Waals surface area contributed by atoms with Crippen LogP contribution in [0, 0.1) is 0 Å². The first kappa shape index (κ1) is 23.6. The van der Waals surface area contributed by atoms with E-state index in [1.54, 1.807) is 6.20 Å². The summed E-state index contributed by atoms with van der Waals surface area (Å²) in [5.41, 5.74) is 6.55. The van der Waals surface area contributed by atoms with Crippen LogP contribution in [-0.2, 0) is 0 Å². The Bertz CT molecular complexity index is 1630. The van der Waals surface area contributed by atoms with Crippen LogP contribution in [0.25, 0.3) is 33.8 Å². The molecule has 0 fully saturated rings. The summed E-state index contributed by atoms with van der Waals surface area (Å²) in [5.74, 6) is 1.55. The molecular weight excluding hydrogens is 484 g/mol. The lowest BCUT2D eigenvalue weighted by molar-refractivity contribution is 1.12. The van der Waals surface area contributed by atoms with Crippen molar-refractivity contribution in [2.24, 2.45) is 0 Å². The van der Waals surface area contributed by atoms with Gasteiger partial charge in [0.05, 0.1) is 17.1 Å². The Labute approximate surface area is 227 Å². The van der Waals surface area contributed by atoms with E-state index in [0.717, 1.165) is 56.0 Å². The maximum Gasteiger partial charge on any atom is 0.139 e. The highest BCUT2D eigenvalue weighted by atomic mass is 32.1. The minimum absolute atomic E-state index is 0.760. The Kier molecular flexibility index (Phi) is 6.66. The smallest absolute Gasteiger partial charge is 0.139 e. The number of nitrogens with zero attached hydrogens (tertiary/aromatic N) is 4. The molecule has 5 heteroatoms. The molecule has 3 aromatic carbocycles. The van der Waals surface area contributed by atoms with E-state index in [-0.39, 0.29) is 0 Å². The largest absolute Gasteiger partial charge is 0.279 e. The molecule has 0 aliphatic heterocycles. The van der Waals surface area contributed by atoms with Crippen LogP contribution in [0.3, 0.4) is 0 Å². The first-order valence-corrected chi connectivity index (χ1v) is 12.8. The summed E-state index contributed by atoms with van der Waals surface area (Å²) in [6.07, 6.45) is 1.79. The quantitative estimate of drug-likeness (QED) is 0.229. The van der Waals surface area contributed by atoms with Crippen LogP contribution < -0.4 is 4.90 Å². The molecule has 3 heterocycles. The van der Waals surface area contributed by atoms with E-state index < -0.39 is 0 Å². The molecule has 182 valence electrons. The summed E-state index contributed by atoms with van der Waals surface area (Å²) in [7, 11) is 0. The van der Waals surface area contributed by atoms with Gasteiger partial charge in [-0.3, -0.25) is 4.90 Å². The average molecular weight is 509 g/mol. The number of thiol groups is 1. The van der Waals surface area contributed by atoms with E-state index in [0.29, 0.717) is 0 Å². The second-order valence-corrected chi connectivity index (χ2v) is 9.23. The molecule has 0 N–H and O–H groups in total. The minimum Gasteiger partial charge on any atom is -0.279 e. The number of aromatic nitrogens is 3. The van der Waals surface area contributed by atoms with Gasteiger partial charge in [0.2, 0.25) is 0 Å². The zero-order valence-corrected chi connectivity index (χ0v) is 21.4. The van der Waals surface area contributed by atoms with Crippen LogP contribution >= 0.6 is 12.6 Å². The monoisotopic (exact) mass is 508 g/mol. The van der Waals surface area contributed by atoms with Crippen molar-refractivity contribution in [1.29, 1.82) is 0 Å². The van der Waals surface area contributed by atoms with E-state index in [1.807, 2.05) is 91.0 Å². The number of pyridine rings is 3. The minimum atomic E-state index is 0.760. The maximum absolute atomic E-state index is 5.09. The summed E-state index contributed by atoms with van der Waals surface area (Å²) in [6, 6.07) is 44.5. The summed E-state index contributed by atoms with van der Waals surface area (Å²) in [4.78, 5) is 17.7. The van der Waals surface area contributed by atoms with Crippen LogP contribution in [0.5, 0.6) is 0 Å². The third-order valence-corrected chi connectivity index (χ3v) is 6.62. The number of anilines is 3. The van der Waals surface area contributed by atoms with Crippen molar-refractivity contribution in [2.45, 2.75) is 4.90 Å². The predicted molar refractivity (Wildman–Crippen MR) is 158 cm³/mol. The molecule has 3 aromatic heterocycles. The van der Waals surface area contributed by atoms with Gasteiger partial charge in [-0.05, 0) is 65.7 Å². The molecule has 0 aliphatic rings. The van der Waals surface area contributed by atoms with E-state index >= 15 is 0 Å². The second-order valence-electron chi connectivity index (χ2n) is 8.75. The van der Waals surface area contributed by atoms with Crippen molar-refractivity contribution in [3.05, 3.63) is 140 Å². The fourth-order valence-electron chi connectivity index (χ4n) is 4.43. The van der Waals surface area contributed by atoms with Gasteiger partial charge >= 0.3 is 0 Å². The SMILES string of the molecule is Sc1ccccc1-c1cc(-c2ccccc2)nc(-c2cccc(N(c3ccccc3)c3ccccn3)n2)c1. The molecule has 0 saturated carbocycles. The second kappa shape index (κ2) is 10.7. The van der Waals surface area contributed by atoms with Crippen molar-refractivity contribution >= 4 is 30.0 Å². The van der Waals surface area contributed by atoms with Crippen molar-refractivity contribution in [3.8, 4) is 33.8 Å². The first-order valence-electron chi connectivity index (χ1n) is 12.4. The van der Waals surface area contributed by atoms with Gasteiger partial charge in [0.25, 0.3) is 0 Å². The van der Waals surface area contributed by atoms with Crippen molar-refractivity contribution in [1.82, 2.24) is 15.0 Å². The van der Waals surface area contributed by atoms with E-state index in [4.69, 9.17) is 22.6 Å². The van der Waals surface area contributed by atoms with Crippen LogP contribution in [0.15, 0.2) is 145 Å². The molecule has 0 bridgehead atoms. The summed E-state index contributed by atoms with van der Waals surface area (Å²) < 4.78 is 0. The standard InChI is InChI=1S/C33H24N4S/c38-31-18-8-7-16-27(31)25-22-29(24-12-3-1-4-13-24)35-30(23-25)28-17-11-20-33(36-28)37(26-14-5-2-6-15-26)32-19-9-10-21-34-32/h1-23,38H. The molecule has 0 atom stereocenters. The molecule has 0 spiro atoms. The van der Waals surface area contributed by atoms with Crippen LogP contribution in [-0.4, -0.2) is 15.0 Å². The third-order valence-electron chi connectivity index (χ3n) is 6.23. The van der Waals surface area contributed by atoms with Gasteiger partial charge in [-0.2, -0.15) is 0 Å². The average Bonchev–Trinajstić information content (AvgIpc) is 2.99. The zero-order chi connectivity index (χ0) is 25.7. The lowest BCUT2D eigenvalue weighted by Crippen LogP contribution is -2.13. The van der Waals surface area contributed by atoms with Crippen molar-refractivity contribution in [2.75, 3.05) is 4.90 Å².